The molecule has 1 nitrogen and oxygen atoms in total. The van der Waals surface area contributed by atoms with E-state index in [1.165, 1.54) is 34.0 Å². The number of carbonyl (C=O) groups excluding carboxylic acids is 1. The Kier molecular flexibility index (Phi) is 5.49. The number of aryl methyl sites for hydroxylation is 3. The van der Waals surface area contributed by atoms with Gasteiger partial charge in [-0.2, -0.15) is 0 Å². The molecule has 17 heavy (non-hydrogen) atoms. The lowest BCUT2D eigenvalue weighted by Crippen LogP contribution is -1.88. The Morgan fingerprint density at radius 2 is 1.82 bits per heavy atom. The first-order chi connectivity index (χ1) is 8.00. The van der Waals surface area contributed by atoms with E-state index in [-0.39, 0.29) is 5.12 Å². The fourth-order valence-corrected chi connectivity index (χ4v) is 2.18. The summed E-state index contributed by atoms with van der Waals surface area (Å²) in [4.78, 5) is 10.8. The van der Waals surface area contributed by atoms with Crippen molar-refractivity contribution < 1.29 is 4.79 Å². The quantitative estimate of drug-likeness (QED) is 0.739. The van der Waals surface area contributed by atoms with Crippen LogP contribution in [0, 0.1) is 20.8 Å². The first-order valence-corrected chi connectivity index (χ1v) is 6.87. The number of hydrogen-bond acceptors (Lipinski definition) is 2. The second-order valence-corrected chi connectivity index (χ2v) is 5.60. The van der Waals surface area contributed by atoms with E-state index in [2.05, 4.69) is 45.1 Å². The third-order valence-corrected chi connectivity index (χ3v) is 3.62. The lowest BCUT2D eigenvalue weighted by atomic mass is 10.0. The maximum atomic E-state index is 10.8. The van der Waals surface area contributed by atoms with Crippen LogP contribution in [0.4, 0.5) is 0 Å². The van der Waals surface area contributed by atoms with Crippen molar-refractivity contribution in [2.24, 2.45) is 0 Å². The molecule has 92 valence electrons. The average molecular weight is 248 g/mol. The molecule has 0 aromatic heterocycles. The maximum Gasteiger partial charge on any atom is 0.185 e. The zero-order chi connectivity index (χ0) is 12.8. The highest BCUT2D eigenvalue weighted by molar-refractivity contribution is 8.13. The van der Waals surface area contributed by atoms with Crippen LogP contribution in [0.5, 0.6) is 0 Å². The van der Waals surface area contributed by atoms with Crippen LogP contribution in [0.2, 0.25) is 0 Å². The predicted octanol–water partition coefficient (Wildman–Crippen LogP) is 4.29. The second kappa shape index (κ2) is 6.65. The van der Waals surface area contributed by atoms with Crippen LogP contribution in [0.3, 0.4) is 0 Å². The summed E-state index contributed by atoms with van der Waals surface area (Å²) in [7, 11) is 0. The van der Waals surface area contributed by atoms with Crippen molar-refractivity contribution in [3.63, 3.8) is 0 Å². The van der Waals surface area contributed by atoms with E-state index in [4.69, 9.17) is 0 Å². The zero-order valence-corrected chi connectivity index (χ0v) is 11.9. The lowest BCUT2D eigenvalue weighted by molar-refractivity contribution is -0.109. The fourth-order valence-electron chi connectivity index (χ4n) is 1.64. The Morgan fingerprint density at radius 1 is 1.18 bits per heavy atom. The Bertz CT molecular complexity index is 433. The van der Waals surface area contributed by atoms with Crippen molar-refractivity contribution in [1.29, 1.82) is 0 Å². The molecule has 0 unspecified atom stereocenters. The van der Waals surface area contributed by atoms with Crippen LogP contribution in [0.25, 0.3) is 6.08 Å². The number of benzene rings is 1. The molecule has 0 heterocycles. The van der Waals surface area contributed by atoms with E-state index in [0.717, 1.165) is 12.2 Å². The van der Waals surface area contributed by atoms with Gasteiger partial charge >= 0.3 is 0 Å². The summed E-state index contributed by atoms with van der Waals surface area (Å²) in [5.74, 6) is 0.871. The minimum absolute atomic E-state index is 0.195. The number of thioether (sulfide) groups is 1. The standard InChI is InChI=1S/C15H20OS/c1-11-9-13(3)15(10-12(11)2)7-5-6-8-17-14(4)16/h5,7,9-10H,6,8H2,1-4H3. The Morgan fingerprint density at radius 3 is 2.47 bits per heavy atom. The molecule has 2 heteroatoms. The largest absolute Gasteiger partial charge is 0.288 e. The van der Waals surface area contributed by atoms with Crippen molar-refractivity contribution in [1.82, 2.24) is 0 Å². The van der Waals surface area contributed by atoms with Gasteiger partial charge < -0.3 is 0 Å². The van der Waals surface area contributed by atoms with E-state index in [1.807, 2.05) is 0 Å². The molecule has 0 atom stereocenters. The predicted molar refractivity (Wildman–Crippen MR) is 77.4 cm³/mol. The van der Waals surface area contributed by atoms with Crippen molar-refractivity contribution in [3.8, 4) is 0 Å². The third kappa shape index (κ3) is 4.78. The molecule has 0 fully saturated rings. The summed E-state index contributed by atoms with van der Waals surface area (Å²) in [6, 6.07) is 4.44. The molecule has 0 radical (unpaired) electrons. The number of hydrogen-bond donors (Lipinski definition) is 0. The van der Waals surface area contributed by atoms with Crippen LogP contribution in [-0.4, -0.2) is 10.9 Å². The molecule has 0 saturated carbocycles. The van der Waals surface area contributed by atoms with Crippen LogP contribution < -0.4 is 0 Å². The number of allylic oxidation sites excluding steroid dienone is 1. The van der Waals surface area contributed by atoms with Gasteiger partial charge in [0, 0.05) is 12.7 Å². The summed E-state index contributed by atoms with van der Waals surface area (Å²) in [6.07, 6.45) is 5.24. The smallest absolute Gasteiger partial charge is 0.185 e. The number of carbonyl (C=O) groups is 1. The van der Waals surface area contributed by atoms with Gasteiger partial charge in [0.1, 0.15) is 0 Å². The monoisotopic (exact) mass is 248 g/mol. The molecule has 0 saturated heterocycles. The summed E-state index contributed by atoms with van der Waals surface area (Å²) < 4.78 is 0. The molecule has 0 amide bonds. The summed E-state index contributed by atoms with van der Waals surface area (Å²) in [5.41, 5.74) is 5.25. The molecule has 0 aliphatic carbocycles. The van der Waals surface area contributed by atoms with Gasteiger partial charge in [-0.25, -0.2) is 0 Å². The van der Waals surface area contributed by atoms with E-state index in [9.17, 15) is 4.79 Å². The van der Waals surface area contributed by atoms with Crippen LogP contribution in [0.1, 0.15) is 35.6 Å². The van der Waals surface area contributed by atoms with Crippen molar-refractivity contribution in [2.75, 3.05) is 5.75 Å². The van der Waals surface area contributed by atoms with Gasteiger partial charge in [-0.3, -0.25) is 4.79 Å². The molecule has 1 rings (SSSR count). The molecule has 0 N–H and O–H groups in total. The fraction of sp³-hybridized carbons (Fsp3) is 0.400. The normalized spacial score (nSPS) is 11.1. The van der Waals surface area contributed by atoms with Crippen LogP contribution in [-0.2, 0) is 4.79 Å². The van der Waals surface area contributed by atoms with Gasteiger partial charge in [-0.15, -0.1) is 0 Å². The number of rotatable bonds is 4. The molecule has 0 aliphatic heterocycles. The molecular formula is C15H20OS. The summed E-state index contributed by atoms with van der Waals surface area (Å²) in [5, 5.41) is 0.195. The third-order valence-electron chi connectivity index (χ3n) is 2.77. The lowest BCUT2D eigenvalue weighted by Gasteiger charge is -2.05. The van der Waals surface area contributed by atoms with Gasteiger partial charge in [0.05, 0.1) is 0 Å². The van der Waals surface area contributed by atoms with Gasteiger partial charge in [0.25, 0.3) is 0 Å². The SMILES string of the molecule is CC(=O)SCCC=Cc1cc(C)c(C)cc1C. The minimum Gasteiger partial charge on any atom is -0.288 e. The first-order valence-electron chi connectivity index (χ1n) is 5.88. The average Bonchev–Trinajstić information content (AvgIpc) is 2.24. The van der Waals surface area contributed by atoms with Crippen molar-refractivity contribution >= 4 is 23.0 Å². The van der Waals surface area contributed by atoms with Gasteiger partial charge in [0.2, 0.25) is 0 Å². The van der Waals surface area contributed by atoms with Gasteiger partial charge in [0.15, 0.2) is 5.12 Å². The Balaban J connectivity index is 2.59. The summed E-state index contributed by atoms with van der Waals surface area (Å²) >= 11 is 1.39. The van der Waals surface area contributed by atoms with Crippen LogP contribution >= 0.6 is 11.8 Å². The first kappa shape index (κ1) is 14.0. The Hall–Kier alpha value is -1.02. The minimum atomic E-state index is 0.195. The van der Waals surface area contributed by atoms with E-state index in [1.54, 1.807) is 6.92 Å². The van der Waals surface area contributed by atoms with Crippen molar-refractivity contribution in [2.45, 2.75) is 34.1 Å². The molecular weight excluding hydrogens is 228 g/mol. The molecule has 0 bridgehead atoms. The topological polar surface area (TPSA) is 17.1 Å². The highest BCUT2D eigenvalue weighted by Crippen LogP contribution is 2.17. The Labute approximate surface area is 108 Å². The van der Waals surface area contributed by atoms with Crippen LogP contribution in [0.15, 0.2) is 18.2 Å². The summed E-state index contributed by atoms with van der Waals surface area (Å²) in [6.45, 7) is 8.02. The van der Waals surface area contributed by atoms with E-state index < -0.39 is 0 Å². The molecule has 1 aromatic rings. The maximum absolute atomic E-state index is 10.8. The van der Waals surface area contributed by atoms with Crippen molar-refractivity contribution in [3.05, 3.63) is 40.5 Å². The second-order valence-electron chi connectivity index (χ2n) is 4.32. The molecule has 0 aliphatic rings. The van der Waals surface area contributed by atoms with Gasteiger partial charge in [-0.1, -0.05) is 36.0 Å². The van der Waals surface area contributed by atoms with E-state index in [0.29, 0.717) is 0 Å². The van der Waals surface area contributed by atoms with Gasteiger partial charge in [-0.05, 0) is 49.4 Å². The molecule has 0 spiro atoms. The highest BCUT2D eigenvalue weighted by Gasteiger charge is 1.98. The highest BCUT2D eigenvalue weighted by atomic mass is 32.2. The zero-order valence-electron chi connectivity index (χ0n) is 11.0. The molecule has 1 aromatic carbocycles. The van der Waals surface area contributed by atoms with E-state index >= 15 is 0 Å².